The number of rotatable bonds is 14. The van der Waals surface area contributed by atoms with Crippen LogP contribution in [0, 0.1) is 13.8 Å². The van der Waals surface area contributed by atoms with Crippen LogP contribution in [0.2, 0.25) is 40.2 Å². The molecule has 0 heterocycles. The number of azo groups is 2. The molecule has 5 rings (SSSR count). The van der Waals surface area contributed by atoms with Gasteiger partial charge in [-0.25, -0.2) is 0 Å². The predicted molar refractivity (Wildman–Crippen MR) is 253 cm³/mol. The number of Topliss-reactive ketones (excluding diaryl/α,β-unsaturated/α-hetero) is 2. The fourth-order valence-corrected chi connectivity index (χ4v) is 7.88. The van der Waals surface area contributed by atoms with E-state index < -0.39 is 47.3 Å². The Labute approximate surface area is 405 Å². The highest BCUT2D eigenvalue weighted by Gasteiger charge is 2.27. The topological polar surface area (TPSA) is 200 Å². The lowest BCUT2D eigenvalue weighted by Gasteiger charge is -2.16. The van der Waals surface area contributed by atoms with Gasteiger partial charge in [0.15, 0.2) is 11.6 Å². The lowest BCUT2D eigenvalue weighted by Crippen LogP contribution is -2.32. The third-order valence-electron chi connectivity index (χ3n) is 8.71. The van der Waals surface area contributed by atoms with Crippen molar-refractivity contribution in [3.05, 3.63) is 135 Å². The summed E-state index contributed by atoms with van der Waals surface area (Å²) in [5, 5.41) is 27.5. The van der Waals surface area contributed by atoms with E-state index in [0.717, 1.165) is 13.8 Å². The molecule has 0 saturated carbocycles. The van der Waals surface area contributed by atoms with E-state index in [9.17, 15) is 28.8 Å². The molecule has 5 aromatic carbocycles. The normalized spacial score (nSPS) is 12.2. The maximum absolute atomic E-state index is 13.4. The summed E-state index contributed by atoms with van der Waals surface area (Å²) >= 11 is 49.2. The molecule has 5 aromatic rings. The quantitative estimate of drug-likeness (QED) is 0.0630. The SMILES string of the molecule is CC(=O)C(N=Nc1cc(Cl)cc(C(=O)Nc2c(Cl)cc(Cl)cc2Cl)c1)C(=O)Nc1cc(C)c(NC(=O)C(N=Nc2cc(Cl)cc(C(=O)Nc3c(Cl)cc(Cl)cc3Cl)c2)C(C)=O)cc1C. The highest BCUT2D eigenvalue weighted by Crippen LogP contribution is 2.36. The number of amides is 4. The Hall–Kier alpha value is -5.16. The highest BCUT2D eigenvalue weighted by molar-refractivity contribution is 6.43. The van der Waals surface area contributed by atoms with Gasteiger partial charge in [-0.15, -0.1) is 0 Å². The van der Waals surface area contributed by atoms with Crippen LogP contribution < -0.4 is 21.3 Å². The van der Waals surface area contributed by atoms with E-state index in [1.54, 1.807) is 13.8 Å². The molecule has 0 saturated heterocycles. The molecule has 2 atom stereocenters. The number of anilines is 4. The van der Waals surface area contributed by atoms with Crippen molar-refractivity contribution in [2.45, 2.75) is 39.8 Å². The summed E-state index contributed by atoms with van der Waals surface area (Å²) in [6, 6.07) is 13.5. The van der Waals surface area contributed by atoms with Crippen molar-refractivity contribution >= 4 is 162 Å². The van der Waals surface area contributed by atoms with Crippen LogP contribution in [0.1, 0.15) is 45.7 Å². The Morgan fingerprint density at radius 3 is 1.06 bits per heavy atom. The predicted octanol–water partition coefficient (Wildman–Crippen LogP) is 13.4. The molecule has 0 radical (unpaired) electrons. The molecule has 0 aliphatic rings. The van der Waals surface area contributed by atoms with Crippen molar-refractivity contribution in [1.82, 2.24) is 0 Å². The number of benzene rings is 5. The van der Waals surface area contributed by atoms with E-state index in [4.69, 9.17) is 92.8 Å². The summed E-state index contributed by atoms with van der Waals surface area (Å²) in [7, 11) is 0. The molecule has 22 heteroatoms. The van der Waals surface area contributed by atoms with Crippen molar-refractivity contribution in [3.8, 4) is 0 Å². The number of carbonyl (C=O) groups excluding carboxylic acids is 6. The highest BCUT2D eigenvalue weighted by atomic mass is 35.5. The maximum atomic E-state index is 13.4. The van der Waals surface area contributed by atoms with Gasteiger partial charge in [0.05, 0.1) is 42.8 Å². The largest absolute Gasteiger partial charge is 0.324 e. The van der Waals surface area contributed by atoms with Gasteiger partial charge >= 0.3 is 0 Å². The summed E-state index contributed by atoms with van der Waals surface area (Å²) in [5.74, 6) is -4.28. The lowest BCUT2D eigenvalue weighted by atomic mass is 10.1. The fraction of sp³-hybridized carbons (Fsp3) is 0.143. The molecule has 14 nitrogen and oxygen atoms in total. The van der Waals surface area contributed by atoms with Crippen LogP contribution in [0.4, 0.5) is 34.1 Å². The molecule has 330 valence electrons. The summed E-state index contributed by atoms with van der Waals surface area (Å²) in [5.41, 5.74) is 1.83. The number of nitrogens with zero attached hydrogens (tertiary/aromatic N) is 4. The minimum Gasteiger partial charge on any atom is -0.324 e. The molecular weight excluding hydrogens is 996 g/mol. The standard InChI is InChI=1S/C42H30Cl8N8O6/c1-17-5-34(52-42(64)36(20(4)60)58-56-28-10-22(8-24(44)12-28)40(62)54-38-31(49)15-26(46)16-32(38)50)18(2)6-33(17)51-41(63)35(19(3)59)57-55-27-9-21(7-23(43)11-27)39(61)53-37-29(47)13-25(45)14-30(37)48/h5-16,35-36H,1-4H3,(H,51,63)(H,52,64)(H,53,61)(H,54,62). The van der Waals surface area contributed by atoms with Gasteiger partial charge in [-0.05, 0) is 112 Å². The molecule has 0 aliphatic heterocycles. The number of hydrogen-bond acceptors (Lipinski definition) is 10. The Morgan fingerprint density at radius 2 is 0.750 bits per heavy atom. The van der Waals surface area contributed by atoms with E-state index in [1.807, 2.05) is 0 Å². The molecule has 0 fully saturated rings. The summed E-state index contributed by atoms with van der Waals surface area (Å²) < 4.78 is 0. The van der Waals surface area contributed by atoms with Gasteiger partial charge in [0.2, 0.25) is 12.1 Å². The average molecular weight is 1030 g/mol. The van der Waals surface area contributed by atoms with Gasteiger partial charge in [-0.2, -0.15) is 20.5 Å². The fourth-order valence-electron chi connectivity index (χ4n) is 5.59. The van der Waals surface area contributed by atoms with Gasteiger partial charge in [-0.1, -0.05) is 92.8 Å². The van der Waals surface area contributed by atoms with Gasteiger partial charge in [0.25, 0.3) is 23.6 Å². The van der Waals surface area contributed by atoms with Gasteiger partial charge < -0.3 is 21.3 Å². The van der Waals surface area contributed by atoms with Crippen molar-refractivity contribution in [2.24, 2.45) is 20.5 Å². The number of halogens is 8. The molecule has 2 unspecified atom stereocenters. The van der Waals surface area contributed by atoms with Crippen LogP contribution in [-0.2, 0) is 19.2 Å². The molecule has 0 aliphatic carbocycles. The Kier molecular flexibility index (Phi) is 16.9. The zero-order valence-corrected chi connectivity index (χ0v) is 39.4. The summed E-state index contributed by atoms with van der Waals surface area (Å²) in [4.78, 5) is 78.2. The smallest absolute Gasteiger partial charge is 0.258 e. The molecular formula is C42H30Cl8N8O6. The number of hydrogen-bond donors (Lipinski definition) is 4. The van der Waals surface area contributed by atoms with Crippen LogP contribution in [0.15, 0.2) is 93.3 Å². The minimum atomic E-state index is -1.62. The molecule has 4 amide bonds. The first-order valence-corrected chi connectivity index (χ1v) is 21.2. The van der Waals surface area contributed by atoms with Crippen molar-refractivity contribution < 1.29 is 28.8 Å². The van der Waals surface area contributed by atoms with Gasteiger partial charge in [0.1, 0.15) is 0 Å². The first kappa shape index (κ1) is 49.8. The maximum Gasteiger partial charge on any atom is 0.258 e. The Balaban J connectivity index is 1.27. The second-order valence-corrected chi connectivity index (χ2v) is 17.1. The molecule has 0 bridgehead atoms. The van der Waals surface area contributed by atoms with Crippen LogP contribution in [0.3, 0.4) is 0 Å². The van der Waals surface area contributed by atoms with Crippen LogP contribution in [-0.4, -0.2) is 47.3 Å². The Bertz CT molecular complexity index is 2590. The van der Waals surface area contributed by atoms with Crippen molar-refractivity contribution in [2.75, 3.05) is 21.3 Å². The first-order chi connectivity index (χ1) is 30.1. The van der Waals surface area contributed by atoms with Gasteiger partial charge in [-0.3, -0.25) is 28.8 Å². The second-order valence-electron chi connectivity index (χ2n) is 13.7. The molecule has 0 aromatic heterocycles. The Morgan fingerprint density at radius 1 is 0.438 bits per heavy atom. The van der Waals surface area contributed by atoms with Crippen LogP contribution in [0.5, 0.6) is 0 Å². The monoisotopic (exact) mass is 1020 g/mol. The molecule has 64 heavy (non-hydrogen) atoms. The summed E-state index contributed by atoms with van der Waals surface area (Å²) in [6.07, 6.45) is 0. The number of aryl methyl sites for hydroxylation is 2. The van der Waals surface area contributed by atoms with Gasteiger partial charge in [0, 0.05) is 42.6 Å². The van der Waals surface area contributed by atoms with Crippen molar-refractivity contribution in [3.63, 3.8) is 0 Å². The molecule has 4 N–H and O–H groups in total. The van der Waals surface area contributed by atoms with Crippen molar-refractivity contribution in [1.29, 1.82) is 0 Å². The zero-order chi connectivity index (χ0) is 47.2. The zero-order valence-electron chi connectivity index (χ0n) is 33.3. The van der Waals surface area contributed by atoms with E-state index >= 15 is 0 Å². The lowest BCUT2D eigenvalue weighted by molar-refractivity contribution is -0.127. The number of carbonyl (C=O) groups is 6. The van der Waals surface area contributed by atoms with E-state index in [0.29, 0.717) is 11.1 Å². The number of nitrogens with one attached hydrogen (secondary N) is 4. The van der Waals surface area contributed by atoms with E-state index in [2.05, 4.69) is 41.7 Å². The van der Waals surface area contributed by atoms with Crippen LogP contribution >= 0.6 is 92.8 Å². The average Bonchev–Trinajstić information content (AvgIpc) is 3.18. The molecule has 0 spiro atoms. The third kappa shape index (κ3) is 13.0. The minimum absolute atomic E-state index is 0.0355. The summed E-state index contributed by atoms with van der Waals surface area (Å²) in [6.45, 7) is 5.55. The van der Waals surface area contributed by atoms with Crippen LogP contribution in [0.25, 0.3) is 0 Å². The first-order valence-electron chi connectivity index (χ1n) is 18.2. The van der Waals surface area contributed by atoms with E-state index in [-0.39, 0.29) is 85.4 Å². The van der Waals surface area contributed by atoms with E-state index in [1.165, 1.54) is 72.8 Å². The second kappa shape index (κ2) is 21.7. The third-order valence-corrected chi connectivity index (χ3v) is 10.8. The number of ketones is 2.